The molecule has 96 valence electrons. The zero-order valence-corrected chi connectivity index (χ0v) is 11.7. The van der Waals surface area contributed by atoms with Crippen LogP contribution in [-0.4, -0.2) is 4.98 Å². The molecule has 0 atom stereocenters. The summed E-state index contributed by atoms with van der Waals surface area (Å²) >= 11 is 7.50. The third-order valence-corrected chi connectivity index (χ3v) is 3.83. The third kappa shape index (κ3) is 3.22. The molecule has 0 spiro atoms. The molecule has 0 aliphatic carbocycles. The van der Waals surface area contributed by atoms with Crippen LogP contribution in [0.2, 0.25) is 5.02 Å². The van der Waals surface area contributed by atoms with E-state index < -0.39 is 0 Å². The van der Waals surface area contributed by atoms with Gasteiger partial charge in [0.1, 0.15) is 17.4 Å². The Morgan fingerprint density at radius 1 is 1.44 bits per heavy atom. The van der Waals surface area contributed by atoms with E-state index in [0.717, 1.165) is 27.7 Å². The second-order valence-corrected chi connectivity index (χ2v) is 5.39. The smallest absolute Gasteiger partial charge is 0.140 e. The van der Waals surface area contributed by atoms with Crippen LogP contribution in [0.15, 0.2) is 24.3 Å². The van der Waals surface area contributed by atoms with Gasteiger partial charge in [-0.1, -0.05) is 24.6 Å². The van der Waals surface area contributed by atoms with Crippen molar-refractivity contribution in [3.63, 3.8) is 0 Å². The summed E-state index contributed by atoms with van der Waals surface area (Å²) in [5.41, 5.74) is 6.75. The van der Waals surface area contributed by atoms with E-state index in [1.54, 1.807) is 17.4 Å². The van der Waals surface area contributed by atoms with E-state index in [1.165, 1.54) is 0 Å². The van der Waals surface area contributed by atoms with Crippen LogP contribution in [0.5, 0.6) is 5.75 Å². The molecular weight excluding hydrogens is 268 g/mol. The topological polar surface area (TPSA) is 48.1 Å². The third-order valence-electron chi connectivity index (χ3n) is 2.50. The van der Waals surface area contributed by atoms with Crippen LogP contribution in [0.1, 0.15) is 22.5 Å². The largest absolute Gasteiger partial charge is 0.486 e. The van der Waals surface area contributed by atoms with Crippen molar-refractivity contribution in [2.45, 2.75) is 26.5 Å². The summed E-state index contributed by atoms with van der Waals surface area (Å²) < 4.78 is 5.65. The number of hydrogen-bond acceptors (Lipinski definition) is 4. The summed E-state index contributed by atoms with van der Waals surface area (Å²) in [5.74, 6) is 0.755. The molecule has 0 fully saturated rings. The molecule has 2 N–H and O–H groups in total. The summed E-state index contributed by atoms with van der Waals surface area (Å²) in [5, 5.41) is 1.62. The maximum absolute atomic E-state index is 5.89. The average molecular weight is 283 g/mol. The number of nitrogens with two attached hydrogens (primary N) is 1. The number of hydrogen-bond donors (Lipinski definition) is 1. The van der Waals surface area contributed by atoms with Gasteiger partial charge in [0.05, 0.1) is 5.69 Å². The molecule has 0 bridgehead atoms. The Kier molecular flexibility index (Phi) is 4.58. The highest BCUT2D eigenvalue weighted by Gasteiger charge is 2.08. The molecule has 18 heavy (non-hydrogen) atoms. The second kappa shape index (κ2) is 6.18. The van der Waals surface area contributed by atoms with Crippen LogP contribution in [-0.2, 0) is 19.6 Å². The SMILES string of the molecule is CCc1nc(COc2cccc(Cl)c2)sc1CN. The van der Waals surface area contributed by atoms with Gasteiger partial charge in [0, 0.05) is 16.4 Å². The lowest BCUT2D eigenvalue weighted by Crippen LogP contribution is -1.97. The first-order valence-corrected chi connectivity index (χ1v) is 6.98. The molecule has 0 aliphatic heterocycles. The highest BCUT2D eigenvalue weighted by atomic mass is 35.5. The van der Waals surface area contributed by atoms with Crippen molar-refractivity contribution in [1.29, 1.82) is 0 Å². The van der Waals surface area contributed by atoms with E-state index in [1.807, 2.05) is 18.2 Å². The number of ether oxygens (including phenoxy) is 1. The minimum Gasteiger partial charge on any atom is -0.486 e. The van der Waals surface area contributed by atoms with Crippen molar-refractivity contribution in [2.24, 2.45) is 5.73 Å². The highest BCUT2D eigenvalue weighted by molar-refractivity contribution is 7.11. The molecule has 0 amide bonds. The minimum absolute atomic E-state index is 0.456. The van der Waals surface area contributed by atoms with E-state index in [0.29, 0.717) is 18.2 Å². The van der Waals surface area contributed by atoms with Gasteiger partial charge in [0.15, 0.2) is 0 Å². The zero-order chi connectivity index (χ0) is 13.0. The molecular formula is C13H15ClN2OS. The van der Waals surface area contributed by atoms with Gasteiger partial charge in [-0.05, 0) is 24.6 Å². The summed E-state index contributed by atoms with van der Waals surface area (Å²) in [6.07, 6.45) is 0.903. The van der Waals surface area contributed by atoms with Crippen molar-refractivity contribution < 1.29 is 4.74 Å². The quantitative estimate of drug-likeness (QED) is 0.914. The van der Waals surface area contributed by atoms with Crippen LogP contribution in [0.3, 0.4) is 0 Å². The van der Waals surface area contributed by atoms with Gasteiger partial charge in [-0.25, -0.2) is 4.98 Å². The molecule has 0 aliphatic rings. The molecule has 1 aromatic carbocycles. The van der Waals surface area contributed by atoms with E-state index in [9.17, 15) is 0 Å². The van der Waals surface area contributed by atoms with Crippen LogP contribution < -0.4 is 10.5 Å². The number of thiazole rings is 1. The maximum Gasteiger partial charge on any atom is 0.140 e. The Labute approximate surface area is 116 Å². The zero-order valence-electron chi connectivity index (χ0n) is 10.1. The summed E-state index contributed by atoms with van der Waals surface area (Å²) in [7, 11) is 0. The van der Waals surface area contributed by atoms with Crippen molar-refractivity contribution in [1.82, 2.24) is 4.98 Å². The summed E-state index contributed by atoms with van der Waals surface area (Å²) in [6.45, 7) is 3.08. The van der Waals surface area contributed by atoms with E-state index >= 15 is 0 Å². The fourth-order valence-corrected chi connectivity index (χ4v) is 2.77. The lowest BCUT2D eigenvalue weighted by atomic mass is 10.3. The van der Waals surface area contributed by atoms with Gasteiger partial charge >= 0.3 is 0 Å². The van der Waals surface area contributed by atoms with Crippen LogP contribution in [0, 0.1) is 0 Å². The van der Waals surface area contributed by atoms with Gasteiger partial charge in [0.2, 0.25) is 0 Å². The summed E-state index contributed by atoms with van der Waals surface area (Å²) in [6, 6.07) is 7.35. The Morgan fingerprint density at radius 3 is 2.89 bits per heavy atom. The van der Waals surface area contributed by atoms with E-state index in [2.05, 4.69) is 11.9 Å². The molecule has 0 unspecified atom stereocenters. The first-order valence-electron chi connectivity index (χ1n) is 5.78. The van der Waals surface area contributed by atoms with Gasteiger partial charge in [-0.3, -0.25) is 0 Å². The Bertz CT molecular complexity index is 506. The van der Waals surface area contributed by atoms with E-state index in [4.69, 9.17) is 22.1 Å². The monoisotopic (exact) mass is 282 g/mol. The van der Waals surface area contributed by atoms with Crippen LogP contribution >= 0.6 is 22.9 Å². The fraction of sp³-hybridized carbons (Fsp3) is 0.308. The van der Waals surface area contributed by atoms with Crippen molar-refractivity contribution >= 4 is 22.9 Å². The van der Waals surface area contributed by atoms with Crippen molar-refractivity contribution in [2.75, 3.05) is 0 Å². The van der Waals surface area contributed by atoms with Gasteiger partial charge in [-0.2, -0.15) is 0 Å². The molecule has 3 nitrogen and oxygen atoms in total. The lowest BCUT2D eigenvalue weighted by Gasteiger charge is -2.03. The van der Waals surface area contributed by atoms with Crippen LogP contribution in [0.25, 0.3) is 0 Å². The molecule has 0 saturated carbocycles. The van der Waals surface area contributed by atoms with Crippen molar-refractivity contribution in [3.05, 3.63) is 44.9 Å². The van der Waals surface area contributed by atoms with Gasteiger partial charge in [-0.15, -0.1) is 11.3 Å². The Hall–Kier alpha value is -1.10. The predicted octanol–water partition coefficient (Wildman–Crippen LogP) is 3.40. The number of rotatable bonds is 5. The molecule has 2 rings (SSSR count). The maximum atomic E-state index is 5.89. The second-order valence-electron chi connectivity index (χ2n) is 3.78. The fourth-order valence-electron chi connectivity index (χ4n) is 1.64. The number of halogens is 1. The Balaban J connectivity index is 2.04. The average Bonchev–Trinajstić information content (AvgIpc) is 2.79. The molecule has 0 saturated heterocycles. The first kappa shape index (κ1) is 13.3. The molecule has 1 aromatic heterocycles. The van der Waals surface area contributed by atoms with Gasteiger partial charge in [0.25, 0.3) is 0 Å². The minimum atomic E-state index is 0.456. The molecule has 1 heterocycles. The number of nitrogens with zero attached hydrogens (tertiary/aromatic N) is 1. The predicted molar refractivity (Wildman–Crippen MR) is 75.2 cm³/mol. The standard InChI is InChI=1S/C13H15ClN2OS/c1-2-11-12(7-15)18-13(16-11)8-17-10-5-3-4-9(14)6-10/h3-6H,2,7-8,15H2,1H3. The van der Waals surface area contributed by atoms with E-state index in [-0.39, 0.29) is 0 Å². The van der Waals surface area contributed by atoms with Crippen LogP contribution in [0.4, 0.5) is 0 Å². The number of aryl methyl sites for hydroxylation is 1. The van der Waals surface area contributed by atoms with Gasteiger partial charge < -0.3 is 10.5 Å². The molecule has 2 aromatic rings. The lowest BCUT2D eigenvalue weighted by molar-refractivity contribution is 0.305. The number of benzene rings is 1. The summed E-state index contributed by atoms with van der Waals surface area (Å²) in [4.78, 5) is 5.66. The normalized spacial score (nSPS) is 10.6. The molecule has 5 heteroatoms. The Morgan fingerprint density at radius 2 is 2.28 bits per heavy atom. The first-order chi connectivity index (χ1) is 8.72. The van der Waals surface area contributed by atoms with Crippen molar-refractivity contribution in [3.8, 4) is 5.75 Å². The number of aromatic nitrogens is 1. The highest BCUT2D eigenvalue weighted by Crippen LogP contribution is 2.22. The molecule has 0 radical (unpaired) electrons.